The van der Waals surface area contributed by atoms with Crippen LogP contribution in [0.3, 0.4) is 0 Å². The Balaban J connectivity index is 1.83. The number of benzene rings is 1. The first kappa shape index (κ1) is 16.3. The van der Waals surface area contributed by atoms with Crippen LogP contribution in [-0.4, -0.2) is 53.8 Å². The first-order valence-corrected chi connectivity index (χ1v) is 8.67. The summed E-state index contributed by atoms with van der Waals surface area (Å²) in [7, 11) is 2.19. The third kappa shape index (κ3) is 3.85. The lowest BCUT2D eigenvalue weighted by Crippen LogP contribution is -2.37. The van der Waals surface area contributed by atoms with Crippen LogP contribution in [0, 0.1) is 6.92 Å². The minimum Gasteiger partial charge on any atom is -0.380 e. The zero-order valence-corrected chi connectivity index (χ0v) is 14.5. The number of hydrogen-bond donors (Lipinski definition) is 1. The number of aryl methyl sites for hydroxylation is 1. The van der Waals surface area contributed by atoms with Crippen molar-refractivity contribution in [1.29, 1.82) is 0 Å². The molecule has 0 aliphatic carbocycles. The van der Waals surface area contributed by atoms with E-state index in [0.29, 0.717) is 6.04 Å². The van der Waals surface area contributed by atoms with Gasteiger partial charge in [-0.1, -0.05) is 6.07 Å². The van der Waals surface area contributed by atoms with Crippen molar-refractivity contribution in [2.75, 3.05) is 38.7 Å². The predicted molar refractivity (Wildman–Crippen MR) is 95.1 cm³/mol. The van der Waals surface area contributed by atoms with Crippen molar-refractivity contribution in [2.45, 2.75) is 39.3 Å². The number of nitrogens with zero attached hydrogens (tertiary/aromatic N) is 3. The van der Waals surface area contributed by atoms with E-state index in [0.717, 1.165) is 44.3 Å². The van der Waals surface area contributed by atoms with E-state index in [2.05, 4.69) is 47.0 Å². The fourth-order valence-corrected chi connectivity index (χ4v) is 3.21. The van der Waals surface area contributed by atoms with Crippen LogP contribution in [0.15, 0.2) is 18.2 Å². The van der Waals surface area contributed by atoms with E-state index in [4.69, 9.17) is 9.72 Å². The number of rotatable bonds is 6. The molecule has 1 N–H and O–H groups in total. The van der Waals surface area contributed by atoms with Gasteiger partial charge in [0.15, 0.2) is 0 Å². The molecule has 0 radical (unpaired) electrons. The first-order valence-electron chi connectivity index (χ1n) is 8.67. The second-order valence-electron chi connectivity index (χ2n) is 6.50. The molecule has 23 heavy (non-hydrogen) atoms. The number of aromatic nitrogens is 2. The van der Waals surface area contributed by atoms with E-state index in [9.17, 15) is 0 Å². The molecule has 1 aromatic heterocycles. The number of likely N-dealkylation sites (tertiary alicyclic amines) is 1. The lowest BCUT2D eigenvalue weighted by Gasteiger charge is -2.29. The van der Waals surface area contributed by atoms with Gasteiger partial charge in [-0.25, -0.2) is 4.98 Å². The van der Waals surface area contributed by atoms with E-state index < -0.39 is 0 Å². The van der Waals surface area contributed by atoms with Gasteiger partial charge in [0.2, 0.25) is 5.95 Å². The number of hydrogen-bond acceptors (Lipinski definition) is 4. The fourth-order valence-electron chi connectivity index (χ4n) is 3.21. The molecule has 5 nitrogen and oxygen atoms in total. The highest BCUT2D eigenvalue weighted by Gasteiger charge is 2.19. The Morgan fingerprint density at radius 2 is 2.09 bits per heavy atom. The third-order valence-corrected chi connectivity index (χ3v) is 4.62. The molecule has 2 heterocycles. The normalized spacial score (nSPS) is 17.0. The molecule has 0 bridgehead atoms. The number of imidazole rings is 1. The van der Waals surface area contributed by atoms with Crippen molar-refractivity contribution in [3.8, 4) is 0 Å². The van der Waals surface area contributed by atoms with Crippen LogP contribution in [0.1, 0.15) is 25.3 Å². The Morgan fingerprint density at radius 1 is 1.30 bits per heavy atom. The second kappa shape index (κ2) is 7.32. The summed E-state index contributed by atoms with van der Waals surface area (Å²) >= 11 is 0. The van der Waals surface area contributed by atoms with Gasteiger partial charge < -0.3 is 19.5 Å². The Kier molecular flexibility index (Phi) is 5.18. The van der Waals surface area contributed by atoms with Gasteiger partial charge in [-0.2, -0.15) is 0 Å². The van der Waals surface area contributed by atoms with Crippen molar-refractivity contribution in [1.82, 2.24) is 14.5 Å². The van der Waals surface area contributed by atoms with Crippen LogP contribution in [0.4, 0.5) is 5.95 Å². The molecule has 0 unspecified atom stereocenters. The Bertz CT molecular complexity index is 644. The minimum atomic E-state index is 0.509. The van der Waals surface area contributed by atoms with Crippen molar-refractivity contribution >= 4 is 17.0 Å². The van der Waals surface area contributed by atoms with Crippen LogP contribution in [-0.2, 0) is 11.3 Å². The summed E-state index contributed by atoms with van der Waals surface area (Å²) in [5, 5.41) is 3.68. The molecule has 1 aliphatic heterocycles. The first-order chi connectivity index (χ1) is 11.2. The molecule has 1 aliphatic rings. The largest absolute Gasteiger partial charge is 0.380 e. The average Bonchev–Trinajstić information content (AvgIpc) is 2.86. The monoisotopic (exact) mass is 316 g/mol. The SMILES string of the molecule is CCOCCn1c(NC2CCN(C)CC2)nc2cc(C)ccc21. The molecule has 0 atom stereocenters. The summed E-state index contributed by atoms with van der Waals surface area (Å²) in [5.41, 5.74) is 3.50. The maximum atomic E-state index is 5.56. The average molecular weight is 316 g/mol. The van der Waals surface area contributed by atoms with Gasteiger partial charge in [-0.05, 0) is 64.5 Å². The highest BCUT2D eigenvalue weighted by molar-refractivity contribution is 5.79. The van der Waals surface area contributed by atoms with Gasteiger partial charge >= 0.3 is 0 Å². The number of fused-ring (bicyclic) bond motifs is 1. The van der Waals surface area contributed by atoms with E-state index >= 15 is 0 Å². The fraction of sp³-hybridized carbons (Fsp3) is 0.611. The third-order valence-electron chi connectivity index (χ3n) is 4.62. The Hall–Kier alpha value is -1.59. The van der Waals surface area contributed by atoms with Crippen molar-refractivity contribution in [3.05, 3.63) is 23.8 Å². The molecular weight excluding hydrogens is 288 g/mol. The van der Waals surface area contributed by atoms with Gasteiger partial charge in [-0.15, -0.1) is 0 Å². The summed E-state index contributed by atoms with van der Waals surface area (Å²) in [6, 6.07) is 6.99. The molecule has 1 saturated heterocycles. The minimum absolute atomic E-state index is 0.509. The standard InChI is InChI=1S/C18H28N4O/c1-4-23-12-11-22-17-6-5-14(2)13-16(17)20-18(22)19-15-7-9-21(3)10-8-15/h5-6,13,15H,4,7-12H2,1-3H3,(H,19,20). The zero-order valence-electron chi connectivity index (χ0n) is 14.5. The van der Waals surface area contributed by atoms with Gasteiger partial charge in [0.05, 0.1) is 17.6 Å². The molecular formula is C18H28N4O. The predicted octanol–water partition coefficient (Wildman–Crippen LogP) is 2.89. The highest BCUT2D eigenvalue weighted by atomic mass is 16.5. The summed E-state index contributed by atoms with van der Waals surface area (Å²) in [5.74, 6) is 0.986. The van der Waals surface area contributed by atoms with E-state index in [1.165, 1.54) is 23.9 Å². The number of nitrogens with one attached hydrogen (secondary N) is 1. The summed E-state index contributed by atoms with van der Waals surface area (Å²) in [6.07, 6.45) is 2.34. The maximum absolute atomic E-state index is 5.56. The summed E-state index contributed by atoms with van der Waals surface area (Å²) in [6.45, 7) is 8.76. The molecule has 0 spiro atoms. The van der Waals surface area contributed by atoms with Crippen LogP contribution in [0.25, 0.3) is 11.0 Å². The summed E-state index contributed by atoms with van der Waals surface area (Å²) in [4.78, 5) is 7.24. The molecule has 0 saturated carbocycles. The van der Waals surface area contributed by atoms with Crippen LogP contribution >= 0.6 is 0 Å². The van der Waals surface area contributed by atoms with Crippen molar-refractivity contribution in [3.63, 3.8) is 0 Å². The number of piperidine rings is 1. The summed E-state index contributed by atoms with van der Waals surface area (Å²) < 4.78 is 7.82. The smallest absolute Gasteiger partial charge is 0.204 e. The maximum Gasteiger partial charge on any atom is 0.204 e. The van der Waals surface area contributed by atoms with E-state index in [-0.39, 0.29) is 0 Å². The van der Waals surface area contributed by atoms with Crippen LogP contribution in [0.5, 0.6) is 0 Å². The van der Waals surface area contributed by atoms with Crippen LogP contribution in [0.2, 0.25) is 0 Å². The number of ether oxygens (including phenoxy) is 1. The zero-order chi connectivity index (χ0) is 16.2. The second-order valence-corrected chi connectivity index (χ2v) is 6.50. The molecule has 0 amide bonds. The number of anilines is 1. The molecule has 126 valence electrons. The Labute approximate surface area is 138 Å². The van der Waals surface area contributed by atoms with Gasteiger partial charge in [0.1, 0.15) is 0 Å². The van der Waals surface area contributed by atoms with Crippen molar-refractivity contribution < 1.29 is 4.74 Å². The quantitative estimate of drug-likeness (QED) is 0.832. The van der Waals surface area contributed by atoms with Gasteiger partial charge in [-0.3, -0.25) is 0 Å². The van der Waals surface area contributed by atoms with Gasteiger partial charge in [0.25, 0.3) is 0 Å². The molecule has 5 heteroatoms. The lowest BCUT2D eigenvalue weighted by atomic mass is 10.1. The molecule has 1 fully saturated rings. The van der Waals surface area contributed by atoms with Crippen molar-refractivity contribution in [2.24, 2.45) is 0 Å². The highest BCUT2D eigenvalue weighted by Crippen LogP contribution is 2.23. The lowest BCUT2D eigenvalue weighted by molar-refractivity contribution is 0.140. The molecule has 1 aromatic carbocycles. The topological polar surface area (TPSA) is 42.3 Å². The molecule has 3 rings (SSSR count). The molecule has 2 aromatic rings. The van der Waals surface area contributed by atoms with Gasteiger partial charge in [0, 0.05) is 19.2 Å². The van der Waals surface area contributed by atoms with E-state index in [1.54, 1.807) is 0 Å². The van der Waals surface area contributed by atoms with Crippen LogP contribution < -0.4 is 5.32 Å². The van der Waals surface area contributed by atoms with E-state index in [1.807, 2.05) is 6.92 Å². The Morgan fingerprint density at radius 3 is 2.83 bits per heavy atom.